The van der Waals surface area contributed by atoms with Gasteiger partial charge in [-0.25, -0.2) is 0 Å². The van der Waals surface area contributed by atoms with E-state index in [9.17, 15) is 9.59 Å². The molecule has 18 heavy (non-hydrogen) atoms. The third-order valence-corrected chi connectivity index (χ3v) is 3.58. The number of carbonyl (C=O) groups is 2. The maximum absolute atomic E-state index is 11.7. The molecule has 0 bridgehead atoms. The number of carbonyl (C=O) groups excluding carboxylic acids is 2. The molecule has 1 aromatic carbocycles. The first-order chi connectivity index (χ1) is 8.65. The van der Waals surface area contributed by atoms with Crippen molar-refractivity contribution in [1.29, 1.82) is 0 Å². The fraction of sp³-hybridized carbons (Fsp3) is 0.467. The minimum absolute atomic E-state index is 0.247. The van der Waals surface area contributed by atoms with Crippen LogP contribution >= 0.6 is 0 Å². The van der Waals surface area contributed by atoms with Crippen LogP contribution in [-0.2, 0) is 6.42 Å². The van der Waals surface area contributed by atoms with Gasteiger partial charge in [0, 0.05) is 0 Å². The number of hydrogen-bond donors (Lipinski definition) is 1. The van der Waals surface area contributed by atoms with E-state index in [-0.39, 0.29) is 11.8 Å². The van der Waals surface area contributed by atoms with Crippen molar-refractivity contribution in [2.45, 2.75) is 46.0 Å². The van der Waals surface area contributed by atoms with Crippen molar-refractivity contribution in [2.24, 2.45) is 0 Å². The van der Waals surface area contributed by atoms with Gasteiger partial charge in [-0.05, 0) is 37.0 Å². The normalized spacial score (nSPS) is 13.7. The number of amides is 2. The van der Waals surface area contributed by atoms with E-state index in [2.05, 4.69) is 12.2 Å². The SMILES string of the molecule is CCCCCCc1ccc2c(c1C)C(=O)NC2=O. The lowest BCUT2D eigenvalue weighted by molar-refractivity contribution is 0.0879. The molecule has 3 heteroatoms. The Balaban J connectivity index is 2.17. The van der Waals surface area contributed by atoms with Crippen molar-refractivity contribution in [3.8, 4) is 0 Å². The van der Waals surface area contributed by atoms with E-state index in [0.29, 0.717) is 11.1 Å². The summed E-state index contributed by atoms with van der Waals surface area (Å²) < 4.78 is 0. The smallest absolute Gasteiger partial charge is 0.259 e. The van der Waals surface area contributed by atoms with Gasteiger partial charge in [-0.1, -0.05) is 32.3 Å². The molecule has 0 aromatic heterocycles. The first-order valence-electron chi connectivity index (χ1n) is 6.63. The largest absolute Gasteiger partial charge is 0.288 e. The summed E-state index contributed by atoms with van der Waals surface area (Å²) >= 11 is 0. The first-order valence-corrected chi connectivity index (χ1v) is 6.63. The number of benzene rings is 1. The quantitative estimate of drug-likeness (QED) is 0.640. The minimum atomic E-state index is -0.268. The highest BCUT2D eigenvalue weighted by molar-refractivity contribution is 6.22. The molecule has 1 N–H and O–H groups in total. The highest BCUT2D eigenvalue weighted by atomic mass is 16.2. The van der Waals surface area contributed by atoms with Gasteiger partial charge in [0.1, 0.15) is 0 Å². The Morgan fingerprint density at radius 2 is 1.83 bits per heavy atom. The lowest BCUT2D eigenvalue weighted by atomic mass is 9.95. The van der Waals surface area contributed by atoms with Crippen LogP contribution in [0.3, 0.4) is 0 Å². The summed E-state index contributed by atoms with van der Waals surface area (Å²) in [5.74, 6) is -0.515. The number of imide groups is 1. The Morgan fingerprint density at radius 1 is 1.06 bits per heavy atom. The fourth-order valence-electron chi connectivity index (χ4n) is 2.48. The molecular weight excluding hydrogens is 226 g/mol. The molecule has 2 rings (SSSR count). The van der Waals surface area contributed by atoms with E-state index in [1.165, 1.54) is 24.8 Å². The summed E-state index contributed by atoms with van der Waals surface area (Å²) in [5.41, 5.74) is 3.25. The molecule has 1 aromatic rings. The van der Waals surface area contributed by atoms with Gasteiger partial charge in [-0.15, -0.1) is 0 Å². The van der Waals surface area contributed by atoms with Gasteiger partial charge < -0.3 is 0 Å². The molecule has 1 aliphatic heterocycles. The molecule has 2 amide bonds. The maximum atomic E-state index is 11.7. The summed E-state index contributed by atoms with van der Waals surface area (Å²) in [5, 5.41) is 2.35. The second kappa shape index (κ2) is 5.34. The zero-order chi connectivity index (χ0) is 13.1. The van der Waals surface area contributed by atoms with E-state index in [4.69, 9.17) is 0 Å². The third-order valence-electron chi connectivity index (χ3n) is 3.58. The van der Waals surface area contributed by atoms with Crippen LogP contribution in [0, 0.1) is 6.92 Å². The molecule has 3 nitrogen and oxygen atoms in total. The number of hydrogen-bond acceptors (Lipinski definition) is 2. The molecule has 1 heterocycles. The second-order valence-corrected chi connectivity index (χ2v) is 4.87. The summed E-state index contributed by atoms with van der Waals surface area (Å²) in [6.07, 6.45) is 5.82. The van der Waals surface area contributed by atoms with Crippen molar-refractivity contribution >= 4 is 11.8 Å². The van der Waals surface area contributed by atoms with Crippen molar-refractivity contribution < 1.29 is 9.59 Å². The number of unbranched alkanes of at least 4 members (excludes halogenated alkanes) is 3. The van der Waals surface area contributed by atoms with Crippen LogP contribution in [0.5, 0.6) is 0 Å². The van der Waals surface area contributed by atoms with Crippen molar-refractivity contribution in [2.75, 3.05) is 0 Å². The molecule has 1 aliphatic rings. The lowest BCUT2D eigenvalue weighted by Gasteiger charge is -2.08. The van der Waals surface area contributed by atoms with Gasteiger partial charge in [-0.2, -0.15) is 0 Å². The van der Waals surface area contributed by atoms with Crippen LogP contribution in [0.2, 0.25) is 0 Å². The molecule has 0 radical (unpaired) electrons. The molecule has 0 fully saturated rings. The van der Waals surface area contributed by atoms with Gasteiger partial charge in [0.25, 0.3) is 11.8 Å². The molecule has 0 unspecified atom stereocenters. The average molecular weight is 245 g/mol. The van der Waals surface area contributed by atoms with Gasteiger partial charge in [0.2, 0.25) is 0 Å². The molecular formula is C15H19NO2. The second-order valence-electron chi connectivity index (χ2n) is 4.87. The first kappa shape index (κ1) is 12.8. The van der Waals surface area contributed by atoms with Crippen LogP contribution in [0.4, 0.5) is 0 Å². The summed E-state index contributed by atoms with van der Waals surface area (Å²) in [4.78, 5) is 23.2. The lowest BCUT2D eigenvalue weighted by Crippen LogP contribution is -2.20. The molecule has 0 atom stereocenters. The van der Waals surface area contributed by atoms with Crippen LogP contribution in [-0.4, -0.2) is 11.8 Å². The van der Waals surface area contributed by atoms with Crippen LogP contribution in [0.1, 0.15) is 64.4 Å². The Bertz CT molecular complexity index is 492. The van der Waals surface area contributed by atoms with E-state index in [1.54, 1.807) is 6.07 Å². The van der Waals surface area contributed by atoms with Gasteiger partial charge in [-0.3, -0.25) is 14.9 Å². The number of fused-ring (bicyclic) bond motifs is 1. The topological polar surface area (TPSA) is 46.2 Å². The molecule has 0 spiro atoms. The average Bonchev–Trinajstić information content (AvgIpc) is 2.63. The summed E-state index contributed by atoms with van der Waals surface area (Å²) in [7, 11) is 0. The molecule has 0 saturated carbocycles. The molecule has 0 saturated heterocycles. The molecule has 0 aliphatic carbocycles. The fourth-order valence-corrected chi connectivity index (χ4v) is 2.48. The zero-order valence-electron chi connectivity index (χ0n) is 11.0. The van der Waals surface area contributed by atoms with Crippen LogP contribution in [0.25, 0.3) is 0 Å². The van der Waals surface area contributed by atoms with Crippen molar-refractivity contribution in [3.63, 3.8) is 0 Å². The Hall–Kier alpha value is -1.64. The number of rotatable bonds is 5. The summed E-state index contributed by atoms with van der Waals surface area (Å²) in [6.45, 7) is 4.13. The summed E-state index contributed by atoms with van der Waals surface area (Å²) in [6, 6.07) is 3.76. The van der Waals surface area contributed by atoms with Gasteiger partial charge in [0.15, 0.2) is 0 Å². The van der Waals surface area contributed by atoms with Gasteiger partial charge >= 0.3 is 0 Å². The van der Waals surface area contributed by atoms with E-state index in [1.807, 2.05) is 13.0 Å². The Labute approximate surface area is 108 Å². The Kier molecular flexibility index (Phi) is 3.80. The Morgan fingerprint density at radius 3 is 2.56 bits per heavy atom. The number of nitrogens with one attached hydrogen (secondary N) is 1. The highest BCUT2D eigenvalue weighted by Crippen LogP contribution is 2.24. The predicted octanol–water partition coefficient (Wildman–Crippen LogP) is 3.00. The van der Waals surface area contributed by atoms with Crippen molar-refractivity contribution in [1.82, 2.24) is 5.32 Å². The minimum Gasteiger partial charge on any atom is -0.288 e. The van der Waals surface area contributed by atoms with Crippen LogP contribution < -0.4 is 5.32 Å². The van der Waals surface area contributed by atoms with Crippen LogP contribution in [0.15, 0.2) is 12.1 Å². The standard InChI is InChI=1S/C15H19NO2/c1-3-4-5-6-7-11-8-9-12-13(10(11)2)15(18)16-14(12)17/h8-9H,3-7H2,1-2H3,(H,16,17,18). The van der Waals surface area contributed by atoms with Crippen molar-refractivity contribution in [3.05, 3.63) is 34.4 Å². The third kappa shape index (κ3) is 2.30. The van der Waals surface area contributed by atoms with E-state index in [0.717, 1.165) is 18.4 Å². The maximum Gasteiger partial charge on any atom is 0.259 e. The predicted molar refractivity (Wildman–Crippen MR) is 70.8 cm³/mol. The van der Waals surface area contributed by atoms with Gasteiger partial charge in [0.05, 0.1) is 11.1 Å². The monoisotopic (exact) mass is 245 g/mol. The zero-order valence-corrected chi connectivity index (χ0v) is 11.0. The van der Waals surface area contributed by atoms with E-state index < -0.39 is 0 Å². The highest BCUT2D eigenvalue weighted by Gasteiger charge is 2.28. The molecule has 96 valence electrons. The van der Waals surface area contributed by atoms with E-state index >= 15 is 0 Å². The number of aryl methyl sites for hydroxylation is 1.